The molecule has 0 aromatic carbocycles. The molecule has 1 aromatic heterocycles. The first-order chi connectivity index (χ1) is 8.42. The van der Waals surface area contributed by atoms with Crippen molar-refractivity contribution < 1.29 is 0 Å². The molecule has 104 valence electrons. The predicted molar refractivity (Wildman–Crippen MR) is 80.8 cm³/mol. The van der Waals surface area contributed by atoms with Crippen LogP contribution in [0.4, 0.5) is 0 Å². The smallest absolute Gasteiger partial charge is 0.0766 e. The standard InChI is InChI=1S/C14H26BrN3/c1-7-11-14(15)13(18(6)17-11)8-12(16-5)10(4)9(2)3/h9-10,12,16H,7-8H2,1-6H3. The second-order valence-electron chi connectivity index (χ2n) is 5.39. The minimum Gasteiger partial charge on any atom is -0.316 e. The van der Waals surface area contributed by atoms with Crippen molar-refractivity contribution in [2.24, 2.45) is 18.9 Å². The highest BCUT2D eigenvalue weighted by atomic mass is 79.9. The predicted octanol–water partition coefficient (Wildman–Crippen LogP) is 3.17. The van der Waals surface area contributed by atoms with Gasteiger partial charge in [-0.05, 0) is 41.2 Å². The van der Waals surface area contributed by atoms with Crippen LogP contribution in [0.1, 0.15) is 39.1 Å². The average molecular weight is 316 g/mol. The SMILES string of the molecule is CCc1nn(C)c(CC(NC)C(C)C(C)C)c1Br. The first-order valence-electron chi connectivity index (χ1n) is 6.79. The second kappa shape index (κ2) is 6.71. The summed E-state index contributed by atoms with van der Waals surface area (Å²) in [6.07, 6.45) is 1.98. The molecule has 18 heavy (non-hydrogen) atoms. The van der Waals surface area contributed by atoms with E-state index in [-0.39, 0.29) is 0 Å². The lowest BCUT2D eigenvalue weighted by atomic mass is 9.88. The number of halogens is 1. The van der Waals surface area contributed by atoms with Crippen LogP contribution in [0.2, 0.25) is 0 Å². The van der Waals surface area contributed by atoms with Crippen LogP contribution < -0.4 is 5.32 Å². The topological polar surface area (TPSA) is 29.9 Å². The van der Waals surface area contributed by atoms with E-state index in [1.807, 2.05) is 11.7 Å². The number of likely N-dealkylation sites (N-methyl/N-ethyl adjacent to an activating group) is 1. The van der Waals surface area contributed by atoms with Gasteiger partial charge in [0.15, 0.2) is 0 Å². The van der Waals surface area contributed by atoms with Crippen LogP contribution in [0.5, 0.6) is 0 Å². The summed E-state index contributed by atoms with van der Waals surface area (Å²) in [7, 11) is 4.08. The van der Waals surface area contributed by atoms with Gasteiger partial charge in [-0.3, -0.25) is 4.68 Å². The molecule has 0 spiro atoms. The van der Waals surface area contributed by atoms with E-state index in [9.17, 15) is 0 Å². The van der Waals surface area contributed by atoms with Crippen LogP contribution in [0.25, 0.3) is 0 Å². The maximum absolute atomic E-state index is 4.56. The average Bonchev–Trinajstić information content (AvgIpc) is 2.61. The van der Waals surface area contributed by atoms with Gasteiger partial charge in [-0.1, -0.05) is 27.7 Å². The van der Waals surface area contributed by atoms with Gasteiger partial charge in [-0.25, -0.2) is 0 Å². The second-order valence-corrected chi connectivity index (χ2v) is 6.18. The lowest BCUT2D eigenvalue weighted by molar-refractivity contribution is 0.306. The lowest BCUT2D eigenvalue weighted by Gasteiger charge is -2.26. The van der Waals surface area contributed by atoms with Crippen LogP contribution in [-0.2, 0) is 19.9 Å². The van der Waals surface area contributed by atoms with Gasteiger partial charge in [0, 0.05) is 19.5 Å². The molecular formula is C14H26BrN3. The van der Waals surface area contributed by atoms with Gasteiger partial charge < -0.3 is 5.32 Å². The van der Waals surface area contributed by atoms with Crippen molar-refractivity contribution in [2.45, 2.75) is 46.6 Å². The van der Waals surface area contributed by atoms with Crippen molar-refractivity contribution in [1.29, 1.82) is 0 Å². The van der Waals surface area contributed by atoms with Crippen molar-refractivity contribution in [3.8, 4) is 0 Å². The molecule has 2 unspecified atom stereocenters. The number of aryl methyl sites for hydroxylation is 2. The van der Waals surface area contributed by atoms with Crippen molar-refractivity contribution in [2.75, 3.05) is 7.05 Å². The largest absolute Gasteiger partial charge is 0.316 e. The maximum atomic E-state index is 4.56. The van der Waals surface area contributed by atoms with E-state index < -0.39 is 0 Å². The number of nitrogens with zero attached hydrogens (tertiary/aromatic N) is 2. The Kier molecular flexibility index (Phi) is 5.86. The van der Waals surface area contributed by atoms with Crippen molar-refractivity contribution in [1.82, 2.24) is 15.1 Å². The molecule has 0 aliphatic heterocycles. The Morgan fingerprint density at radius 3 is 2.33 bits per heavy atom. The van der Waals surface area contributed by atoms with E-state index in [2.05, 4.69) is 61.1 Å². The molecular weight excluding hydrogens is 290 g/mol. The van der Waals surface area contributed by atoms with Gasteiger partial charge in [-0.2, -0.15) is 5.10 Å². The maximum Gasteiger partial charge on any atom is 0.0766 e. The Bertz CT molecular complexity index is 385. The van der Waals surface area contributed by atoms with Gasteiger partial charge in [0.2, 0.25) is 0 Å². The molecule has 0 bridgehead atoms. The summed E-state index contributed by atoms with van der Waals surface area (Å²) in [5.74, 6) is 1.32. The van der Waals surface area contributed by atoms with Crippen LogP contribution in [0.3, 0.4) is 0 Å². The minimum atomic E-state index is 0.487. The summed E-state index contributed by atoms with van der Waals surface area (Å²) in [4.78, 5) is 0. The Morgan fingerprint density at radius 2 is 1.94 bits per heavy atom. The van der Waals surface area contributed by atoms with Gasteiger partial charge in [0.05, 0.1) is 15.9 Å². The third kappa shape index (κ3) is 3.35. The van der Waals surface area contributed by atoms with Crippen molar-refractivity contribution in [3.63, 3.8) is 0 Å². The summed E-state index contributed by atoms with van der Waals surface area (Å²) >= 11 is 3.69. The fourth-order valence-electron chi connectivity index (χ4n) is 2.27. The highest BCUT2D eigenvalue weighted by Crippen LogP contribution is 2.25. The fraction of sp³-hybridized carbons (Fsp3) is 0.786. The number of aromatic nitrogens is 2. The summed E-state index contributed by atoms with van der Waals surface area (Å²) < 4.78 is 3.20. The third-order valence-corrected chi connectivity index (χ3v) is 4.89. The molecule has 0 saturated carbocycles. The Balaban J connectivity index is 2.91. The lowest BCUT2D eigenvalue weighted by Crippen LogP contribution is -2.37. The summed E-state index contributed by atoms with van der Waals surface area (Å²) in [6.45, 7) is 9.02. The molecule has 1 aromatic rings. The van der Waals surface area contributed by atoms with Crippen molar-refractivity contribution >= 4 is 15.9 Å². The normalized spacial score (nSPS) is 15.1. The molecule has 1 N–H and O–H groups in total. The highest BCUT2D eigenvalue weighted by molar-refractivity contribution is 9.10. The molecule has 1 heterocycles. The minimum absolute atomic E-state index is 0.487. The molecule has 0 radical (unpaired) electrons. The Labute approximate surface area is 119 Å². The van der Waals surface area contributed by atoms with Gasteiger partial charge in [0.25, 0.3) is 0 Å². The molecule has 4 heteroatoms. The molecule has 0 fully saturated rings. The Morgan fingerprint density at radius 1 is 1.33 bits per heavy atom. The van der Waals surface area contributed by atoms with E-state index >= 15 is 0 Å². The number of rotatable bonds is 6. The van der Waals surface area contributed by atoms with E-state index in [0.29, 0.717) is 17.9 Å². The summed E-state index contributed by atoms with van der Waals surface area (Å²) in [6, 6.07) is 0.487. The monoisotopic (exact) mass is 315 g/mol. The van der Waals surface area contributed by atoms with Crippen LogP contribution in [0.15, 0.2) is 4.47 Å². The zero-order valence-corrected chi connectivity index (χ0v) is 14.0. The van der Waals surface area contributed by atoms with Gasteiger partial charge in [-0.15, -0.1) is 0 Å². The van der Waals surface area contributed by atoms with Crippen molar-refractivity contribution in [3.05, 3.63) is 15.9 Å². The van der Waals surface area contributed by atoms with Gasteiger partial charge >= 0.3 is 0 Å². The fourth-order valence-corrected chi connectivity index (χ4v) is 3.04. The molecule has 3 nitrogen and oxygen atoms in total. The van der Waals surface area contributed by atoms with Crippen LogP contribution in [0, 0.1) is 11.8 Å². The first-order valence-corrected chi connectivity index (χ1v) is 7.59. The van der Waals surface area contributed by atoms with E-state index in [4.69, 9.17) is 0 Å². The molecule has 1 rings (SSSR count). The molecule has 0 saturated heterocycles. The summed E-state index contributed by atoms with van der Waals surface area (Å²) in [5, 5.41) is 8.01. The highest BCUT2D eigenvalue weighted by Gasteiger charge is 2.22. The van der Waals surface area contributed by atoms with E-state index in [1.165, 1.54) is 10.2 Å². The number of hydrogen-bond acceptors (Lipinski definition) is 2. The number of nitrogens with one attached hydrogen (secondary N) is 1. The molecule has 0 aliphatic carbocycles. The van der Waals surface area contributed by atoms with E-state index in [1.54, 1.807) is 0 Å². The van der Waals surface area contributed by atoms with Crippen LogP contribution in [-0.4, -0.2) is 22.9 Å². The van der Waals surface area contributed by atoms with Crippen LogP contribution >= 0.6 is 15.9 Å². The zero-order chi connectivity index (χ0) is 13.9. The Hall–Kier alpha value is -0.350. The zero-order valence-electron chi connectivity index (χ0n) is 12.4. The number of hydrogen-bond donors (Lipinski definition) is 1. The van der Waals surface area contributed by atoms with E-state index in [0.717, 1.165) is 18.5 Å². The molecule has 0 amide bonds. The summed E-state index contributed by atoms with van der Waals surface area (Å²) in [5.41, 5.74) is 2.44. The van der Waals surface area contributed by atoms with Gasteiger partial charge in [0.1, 0.15) is 0 Å². The quantitative estimate of drug-likeness (QED) is 0.874. The molecule has 0 aliphatic rings. The third-order valence-electron chi connectivity index (χ3n) is 3.97. The molecule has 2 atom stereocenters. The first kappa shape index (κ1) is 15.7.